The average Bonchev–Trinajstić information content (AvgIpc) is 2.16. The van der Waals surface area contributed by atoms with Gasteiger partial charge in [0.05, 0.1) is 12.2 Å². The molecule has 0 saturated heterocycles. The lowest BCUT2D eigenvalue weighted by Crippen LogP contribution is -2.58. The van der Waals surface area contributed by atoms with Crippen molar-refractivity contribution >= 4 is 0 Å². The Morgan fingerprint density at radius 2 is 1.86 bits per heavy atom. The molecule has 0 aromatic rings. The Hall–Kier alpha value is -0.120. The molecule has 0 amide bonds. The average molecular weight is 201 g/mol. The van der Waals surface area contributed by atoms with Gasteiger partial charge in [-0.1, -0.05) is 13.8 Å². The highest BCUT2D eigenvalue weighted by Gasteiger charge is 2.37. The van der Waals surface area contributed by atoms with Crippen LogP contribution in [0.2, 0.25) is 0 Å². The predicted molar refractivity (Wildman–Crippen MR) is 57.2 cm³/mol. The monoisotopic (exact) mass is 201 g/mol. The van der Waals surface area contributed by atoms with Crippen LogP contribution in [0.3, 0.4) is 0 Å². The molecule has 0 aromatic carbocycles. The summed E-state index contributed by atoms with van der Waals surface area (Å²) in [6.45, 7) is 4.78. The fourth-order valence-electron chi connectivity index (χ4n) is 1.85. The summed E-state index contributed by atoms with van der Waals surface area (Å²) in [4.78, 5) is 0. The Kier molecular flexibility index (Phi) is 3.93. The predicted octanol–water partition coefficient (Wildman–Crippen LogP) is 1.04. The Morgan fingerprint density at radius 1 is 1.29 bits per heavy atom. The first-order chi connectivity index (χ1) is 6.60. The molecule has 1 fully saturated rings. The van der Waals surface area contributed by atoms with Crippen molar-refractivity contribution in [2.75, 3.05) is 13.2 Å². The van der Waals surface area contributed by atoms with Crippen molar-refractivity contribution in [1.82, 2.24) is 5.32 Å². The number of aliphatic hydroxyl groups is 2. The minimum Gasteiger partial charge on any atom is -0.394 e. The molecule has 3 N–H and O–H groups in total. The van der Waals surface area contributed by atoms with Crippen LogP contribution in [0.1, 0.15) is 46.0 Å². The second kappa shape index (κ2) is 4.60. The van der Waals surface area contributed by atoms with Crippen molar-refractivity contribution in [2.45, 2.75) is 57.1 Å². The lowest BCUT2D eigenvalue weighted by molar-refractivity contribution is 0.00485. The maximum Gasteiger partial charge on any atom is 0.0766 e. The number of aliphatic hydroxyl groups excluding tert-OH is 1. The number of β-amino-alcohol motifs (C(OH)–C–C–N with tert-alkyl or cyclic N) is 1. The van der Waals surface area contributed by atoms with E-state index in [-0.39, 0.29) is 12.1 Å². The van der Waals surface area contributed by atoms with Gasteiger partial charge >= 0.3 is 0 Å². The zero-order chi connectivity index (χ0) is 10.7. The Balaban J connectivity index is 2.37. The van der Waals surface area contributed by atoms with E-state index in [9.17, 15) is 10.2 Å². The fraction of sp³-hybridized carbons (Fsp3) is 1.00. The van der Waals surface area contributed by atoms with Crippen molar-refractivity contribution in [3.8, 4) is 0 Å². The van der Waals surface area contributed by atoms with Crippen LogP contribution in [0.5, 0.6) is 0 Å². The molecule has 1 aliphatic carbocycles. The van der Waals surface area contributed by atoms with Crippen molar-refractivity contribution in [1.29, 1.82) is 0 Å². The highest BCUT2D eigenvalue weighted by Crippen LogP contribution is 2.31. The maximum absolute atomic E-state index is 10.1. The number of rotatable bonds is 6. The molecule has 84 valence electrons. The summed E-state index contributed by atoms with van der Waals surface area (Å²) in [6, 6.07) is 0. The summed E-state index contributed by atoms with van der Waals surface area (Å²) < 4.78 is 0. The van der Waals surface area contributed by atoms with Crippen LogP contribution in [0.15, 0.2) is 0 Å². The van der Waals surface area contributed by atoms with Crippen molar-refractivity contribution < 1.29 is 10.2 Å². The lowest BCUT2D eigenvalue weighted by atomic mass is 9.77. The number of nitrogens with one attached hydrogen (secondary N) is 1. The van der Waals surface area contributed by atoms with Gasteiger partial charge in [-0.15, -0.1) is 0 Å². The highest BCUT2D eigenvalue weighted by molar-refractivity contribution is 4.97. The SMILES string of the molecule is CCC(O)(CC)CNC1(CO)CCC1. The van der Waals surface area contributed by atoms with E-state index in [0.29, 0.717) is 6.54 Å². The maximum atomic E-state index is 10.1. The van der Waals surface area contributed by atoms with Crippen molar-refractivity contribution in [2.24, 2.45) is 0 Å². The molecule has 1 saturated carbocycles. The van der Waals surface area contributed by atoms with E-state index in [1.807, 2.05) is 13.8 Å². The molecule has 0 unspecified atom stereocenters. The molecule has 1 aliphatic rings. The van der Waals surface area contributed by atoms with E-state index in [2.05, 4.69) is 5.32 Å². The van der Waals surface area contributed by atoms with E-state index >= 15 is 0 Å². The van der Waals surface area contributed by atoms with Crippen molar-refractivity contribution in [3.63, 3.8) is 0 Å². The Morgan fingerprint density at radius 3 is 2.14 bits per heavy atom. The molecule has 3 heteroatoms. The van der Waals surface area contributed by atoms with Crippen LogP contribution in [0.25, 0.3) is 0 Å². The van der Waals surface area contributed by atoms with Gasteiger partial charge < -0.3 is 15.5 Å². The number of hydrogen-bond donors (Lipinski definition) is 3. The van der Waals surface area contributed by atoms with E-state index in [1.54, 1.807) is 0 Å². The van der Waals surface area contributed by atoms with Crippen LogP contribution < -0.4 is 5.32 Å². The van der Waals surface area contributed by atoms with Gasteiger partial charge in [0.25, 0.3) is 0 Å². The Labute approximate surface area is 86.5 Å². The third kappa shape index (κ3) is 2.47. The van der Waals surface area contributed by atoms with Crippen LogP contribution in [-0.2, 0) is 0 Å². The molecule has 0 spiro atoms. The van der Waals surface area contributed by atoms with Gasteiger partial charge in [0.15, 0.2) is 0 Å². The third-order valence-corrected chi connectivity index (χ3v) is 3.72. The van der Waals surface area contributed by atoms with Gasteiger partial charge in [-0.25, -0.2) is 0 Å². The highest BCUT2D eigenvalue weighted by atomic mass is 16.3. The summed E-state index contributed by atoms with van der Waals surface area (Å²) in [5.41, 5.74) is -0.684. The largest absolute Gasteiger partial charge is 0.394 e. The smallest absolute Gasteiger partial charge is 0.0766 e. The first-order valence-electron chi connectivity index (χ1n) is 5.68. The van der Waals surface area contributed by atoms with E-state index < -0.39 is 5.60 Å². The van der Waals surface area contributed by atoms with Gasteiger partial charge in [0, 0.05) is 12.1 Å². The number of hydrogen-bond acceptors (Lipinski definition) is 3. The zero-order valence-corrected chi connectivity index (χ0v) is 9.34. The van der Waals surface area contributed by atoms with Crippen LogP contribution in [-0.4, -0.2) is 34.5 Å². The molecular formula is C11H23NO2. The second-order valence-electron chi connectivity index (χ2n) is 4.58. The molecule has 0 aliphatic heterocycles. The quantitative estimate of drug-likeness (QED) is 0.602. The molecule has 3 nitrogen and oxygen atoms in total. The van der Waals surface area contributed by atoms with Gasteiger partial charge in [-0.05, 0) is 32.1 Å². The van der Waals surface area contributed by atoms with Crippen LogP contribution in [0, 0.1) is 0 Å². The standard InChI is InChI=1S/C11H23NO2/c1-3-11(14,4-2)8-12-10(9-13)6-5-7-10/h12-14H,3-9H2,1-2H3. The summed E-state index contributed by atoms with van der Waals surface area (Å²) in [5, 5.41) is 22.6. The molecular weight excluding hydrogens is 178 g/mol. The first kappa shape index (κ1) is 12.0. The second-order valence-corrected chi connectivity index (χ2v) is 4.58. The summed E-state index contributed by atoms with van der Waals surface area (Å²) in [5.74, 6) is 0. The summed E-state index contributed by atoms with van der Waals surface area (Å²) >= 11 is 0. The molecule has 0 radical (unpaired) electrons. The topological polar surface area (TPSA) is 52.5 Å². The minimum atomic E-state index is -0.599. The summed E-state index contributed by atoms with van der Waals surface area (Å²) in [7, 11) is 0. The third-order valence-electron chi connectivity index (χ3n) is 3.72. The van der Waals surface area contributed by atoms with E-state index in [1.165, 1.54) is 6.42 Å². The Bertz CT molecular complexity index is 156. The lowest BCUT2D eigenvalue weighted by Gasteiger charge is -2.43. The first-order valence-corrected chi connectivity index (χ1v) is 5.68. The zero-order valence-electron chi connectivity index (χ0n) is 9.34. The summed E-state index contributed by atoms with van der Waals surface area (Å²) in [6.07, 6.45) is 4.78. The molecule has 14 heavy (non-hydrogen) atoms. The normalized spacial score (nSPS) is 20.6. The molecule has 0 aromatic heterocycles. The van der Waals surface area contributed by atoms with Gasteiger partial charge in [0.1, 0.15) is 0 Å². The molecule has 0 heterocycles. The fourth-order valence-corrected chi connectivity index (χ4v) is 1.85. The van der Waals surface area contributed by atoms with Gasteiger partial charge in [-0.3, -0.25) is 0 Å². The van der Waals surface area contributed by atoms with E-state index in [4.69, 9.17) is 0 Å². The van der Waals surface area contributed by atoms with Crippen molar-refractivity contribution in [3.05, 3.63) is 0 Å². The minimum absolute atomic E-state index is 0.0850. The van der Waals surface area contributed by atoms with Crippen LogP contribution in [0.4, 0.5) is 0 Å². The molecule has 0 bridgehead atoms. The molecule has 1 rings (SSSR count). The molecule has 0 atom stereocenters. The van der Waals surface area contributed by atoms with Crippen LogP contribution >= 0.6 is 0 Å². The van der Waals surface area contributed by atoms with Gasteiger partial charge in [-0.2, -0.15) is 0 Å². The van der Waals surface area contributed by atoms with E-state index in [0.717, 1.165) is 25.7 Å². The van der Waals surface area contributed by atoms with Gasteiger partial charge in [0.2, 0.25) is 0 Å².